The average molecular weight is 536 g/mol. The molecule has 4 bridgehead atoms. The molecule has 9 rings (SSSR count). The summed E-state index contributed by atoms with van der Waals surface area (Å²) in [6.07, 6.45) is 5.22. The monoisotopic (exact) mass is 535 g/mol. The second kappa shape index (κ2) is 12.8. The summed E-state index contributed by atoms with van der Waals surface area (Å²) in [5.74, 6) is 0.0149. The predicted octanol–water partition coefficient (Wildman–Crippen LogP) is 8.21. The summed E-state index contributed by atoms with van der Waals surface area (Å²) in [5, 5.41) is 0. The Morgan fingerprint density at radius 1 is 0.537 bits per heavy atom. The summed E-state index contributed by atoms with van der Waals surface area (Å²) in [5.41, 5.74) is 9.83. The molecule has 0 N–H and O–H groups in total. The molecule has 0 atom stereocenters. The number of amides is 1. The first-order valence-electron chi connectivity index (χ1n) is 14.8. The molecule has 2 nitrogen and oxygen atoms in total. The fourth-order valence-electron chi connectivity index (χ4n) is 5.98. The molecular formula is C39H37NO. The van der Waals surface area contributed by atoms with E-state index in [1.54, 1.807) is 0 Å². The zero-order valence-corrected chi connectivity index (χ0v) is 23.6. The molecule has 2 heteroatoms. The van der Waals surface area contributed by atoms with Crippen LogP contribution in [-0.4, -0.2) is 5.91 Å². The molecule has 0 heterocycles. The van der Waals surface area contributed by atoms with Gasteiger partial charge in [0.2, 0.25) is 5.91 Å². The van der Waals surface area contributed by atoms with Gasteiger partial charge in [0.05, 0.1) is 6.54 Å². The highest BCUT2D eigenvalue weighted by atomic mass is 16.2. The quantitative estimate of drug-likeness (QED) is 0.196. The average Bonchev–Trinajstić information content (AvgIpc) is 3.02. The topological polar surface area (TPSA) is 20.3 Å². The van der Waals surface area contributed by atoms with Gasteiger partial charge in [0.25, 0.3) is 0 Å². The third kappa shape index (κ3) is 6.84. The number of carbonyl (C=O) groups excluding carboxylic acids is 1. The number of hydrogen-bond donors (Lipinski definition) is 0. The van der Waals surface area contributed by atoms with Crippen LogP contribution in [0.1, 0.15) is 38.9 Å². The largest absolute Gasteiger partial charge is 0.307 e. The maximum atomic E-state index is 14.8. The fraction of sp³-hybridized carbons (Fsp3) is 0.205. The van der Waals surface area contributed by atoms with Gasteiger partial charge in [-0.15, -0.1) is 0 Å². The van der Waals surface area contributed by atoms with Gasteiger partial charge >= 0.3 is 0 Å². The normalized spacial score (nSPS) is 12.6. The molecular weight excluding hydrogens is 498 g/mol. The van der Waals surface area contributed by atoms with Crippen molar-refractivity contribution in [2.45, 2.75) is 45.1 Å². The molecule has 41 heavy (non-hydrogen) atoms. The van der Waals surface area contributed by atoms with E-state index in [1.807, 2.05) is 18.2 Å². The summed E-state index contributed by atoms with van der Waals surface area (Å²) >= 11 is 0. The van der Waals surface area contributed by atoms with E-state index in [0.29, 0.717) is 19.4 Å². The number of anilines is 1. The minimum atomic E-state index is -0.175. The van der Waals surface area contributed by atoms with E-state index in [9.17, 15) is 4.79 Å². The lowest BCUT2D eigenvalue weighted by Crippen LogP contribution is -2.38. The van der Waals surface area contributed by atoms with Gasteiger partial charge in [-0.05, 0) is 83.5 Å². The van der Waals surface area contributed by atoms with Crippen LogP contribution in [0.3, 0.4) is 0 Å². The summed E-state index contributed by atoms with van der Waals surface area (Å²) in [6.45, 7) is 0.559. The predicted molar refractivity (Wildman–Crippen MR) is 169 cm³/mol. The summed E-state index contributed by atoms with van der Waals surface area (Å²) in [7, 11) is 0. The molecule has 5 aromatic rings. The van der Waals surface area contributed by atoms with Crippen molar-refractivity contribution in [1.29, 1.82) is 0 Å². The fourth-order valence-corrected chi connectivity index (χ4v) is 5.98. The standard InChI is InChI=1S/C39H37NO/c41-39(37(26-32-10-4-1-5-11-32)27-33-12-6-2-7-13-33)40(29-35-14-8-3-9-15-35)38-28-34-21-20-30-16-18-31(19-17-30)22-24-36(38)25-23-34/h1-19,23,25,28,37H,20-22,24,26-27,29H2. The number of benzene rings is 5. The van der Waals surface area contributed by atoms with Crippen LogP contribution >= 0.6 is 0 Å². The first kappa shape index (κ1) is 26.8. The van der Waals surface area contributed by atoms with Gasteiger partial charge < -0.3 is 4.90 Å². The smallest absolute Gasteiger partial charge is 0.231 e. The van der Waals surface area contributed by atoms with Crippen molar-refractivity contribution in [2.75, 3.05) is 4.90 Å². The summed E-state index contributed by atoms with van der Waals surface area (Å²) in [6, 6.07) is 47.3. The summed E-state index contributed by atoms with van der Waals surface area (Å²) in [4.78, 5) is 16.9. The number of aryl methyl sites for hydroxylation is 4. The van der Waals surface area contributed by atoms with Crippen molar-refractivity contribution in [3.05, 3.63) is 172 Å². The van der Waals surface area contributed by atoms with Crippen molar-refractivity contribution < 1.29 is 4.79 Å². The van der Waals surface area contributed by atoms with E-state index in [-0.39, 0.29) is 11.8 Å². The van der Waals surface area contributed by atoms with Crippen molar-refractivity contribution in [3.8, 4) is 0 Å². The van der Waals surface area contributed by atoms with Crippen LogP contribution in [0.15, 0.2) is 133 Å². The number of nitrogens with zero attached hydrogens (tertiary/aromatic N) is 1. The molecule has 0 saturated carbocycles. The lowest BCUT2D eigenvalue weighted by molar-refractivity contribution is -0.122. The molecule has 0 aromatic heterocycles. The third-order valence-electron chi connectivity index (χ3n) is 8.30. The lowest BCUT2D eigenvalue weighted by Gasteiger charge is -2.30. The van der Waals surface area contributed by atoms with Gasteiger partial charge in [-0.3, -0.25) is 4.79 Å². The van der Waals surface area contributed by atoms with Gasteiger partial charge in [0, 0.05) is 11.6 Å². The van der Waals surface area contributed by atoms with Crippen molar-refractivity contribution >= 4 is 11.6 Å². The maximum Gasteiger partial charge on any atom is 0.231 e. The van der Waals surface area contributed by atoms with Crippen LogP contribution < -0.4 is 4.90 Å². The molecule has 0 unspecified atom stereocenters. The molecule has 0 spiro atoms. The Kier molecular flexibility index (Phi) is 8.38. The van der Waals surface area contributed by atoms with Gasteiger partial charge in [-0.2, -0.15) is 0 Å². The van der Waals surface area contributed by atoms with Gasteiger partial charge in [0.15, 0.2) is 0 Å². The van der Waals surface area contributed by atoms with Crippen molar-refractivity contribution in [1.82, 2.24) is 0 Å². The Morgan fingerprint density at radius 2 is 1.00 bits per heavy atom. The molecule has 4 aliphatic carbocycles. The van der Waals surface area contributed by atoms with Crippen LogP contribution in [0, 0.1) is 5.92 Å². The molecule has 204 valence electrons. The molecule has 1 amide bonds. The number of rotatable bonds is 8. The van der Waals surface area contributed by atoms with E-state index in [4.69, 9.17) is 0 Å². The second-order valence-electron chi connectivity index (χ2n) is 11.3. The Morgan fingerprint density at radius 3 is 1.56 bits per heavy atom. The van der Waals surface area contributed by atoms with Crippen molar-refractivity contribution in [3.63, 3.8) is 0 Å². The van der Waals surface area contributed by atoms with E-state index in [2.05, 4.69) is 120 Å². The zero-order chi connectivity index (χ0) is 27.9. The van der Waals surface area contributed by atoms with E-state index in [0.717, 1.165) is 36.9 Å². The summed E-state index contributed by atoms with van der Waals surface area (Å²) < 4.78 is 0. The minimum Gasteiger partial charge on any atom is -0.307 e. The second-order valence-corrected chi connectivity index (χ2v) is 11.3. The van der Waals surface area contributed by atoms with Crippen LogP contribution in [-0.2, 0) is 49.9 Å². The minimum absolute atomic E-state index is 0.175. The van der Waals surface area contributed by atoms with Gasteiger partial charge in [-0.1, -0.05) is 127 Å². The van der Waals surface area contributed by atoms with Crippen molar-refractivity contribution in [2.24, 2.45) is 5.92 Å². The van der Waals surface area contributed by atoms with Gasteiger partial charge in [-0.25, -0.2) is 0 Å². The Hall–Kier alpha value is -4.43. The van der Waals surface area contributed by atoms with Crippen LogP contribution in [0.25, 0.3) is 0 Å². The first-order valence-corrected chi connectivity index (χ1v) is 14.8. The zero-order valence-electron chi connectivity index (χ0n) is 23.6. The lowest BCUT2D eigenvalue weighted by atomic mass is 9.90. The van der Waals surface area contributed by atoms with Crippen LogP contribution in [0.2, 0.25) is 0 Å². The van der Waals surface area contributed by atoms with E-state index in [1.165, 1.54) is 33.4 Å². The highest BCUT2D eigenvalue weighted by molar-refractivity contribution is 5.96. The molecule has 0 aliphatic heterocycles. The molecule has 4 aliphatic rings. The van der Waals surface area contributed by atoms with Gasteiger partial charge in [0.1, 0.15) is 0 Å². The molecule has 5 aromatic carbocycles. The highest BCUT2D eigenvalue weighted by Crippen LogP contribution is 2.30. The Labute approximate surface area is 244 Å². The Balaban J connectivity index is 1.40. The molecule has 0 radical (unpaired) electrons. The highest BCUT2D eigenvalue weighted by Gasteiger charge is 2.28. The maximum absolute atomic E-state index is 14.8. The Bertz CT molecular complexity index is 1520. The SMILES string of the molecule is O=C(C(Cc1ccccc1)Cc1ccccc1)N(Cc1ccccc1)c1cc2ccc1CCc1ccc(cc1)CC2. The molecule has 0 saturated heterocycles. The molecule has 0 fully saturated rings. The van der Waals surface area contributed by atoms with E-state index < -0.39 is 0 Å². The first-order chi connectivity index (χ1) is 20.2. The third-order valence-corrected chi connectivity index (χ3v) is 8.30. The number of carbonyl (C=O) groups is 1. The van der Waals surface area contributed by atoms with Crippen LogP contribution in [0.4, 0.5) is 5.69 Å². The van der Waals surface area contributed by atoms with Crippen LogP contribution in [0.5, 0.6) is 0 Å². The van der Waals surface area contributed by atoms with E-state index >= 15 is 0 Å². The number of hydrogen-bond acceptors (Lipinski definition) is 1.